The number of hydrogen-bond acceptors (Lipinski definition) is 3. The van der Waals surface area contributed by atoms with Crippen LogP contribution in [0.4, 0.5) is 0 Å². The average molecular weight is 313 g/mol. The standard InChI is InChI=1S/C13H10Cl2N2OS/c1-8-4-5-19-12(8)7-16-17-13(18)10-3-2-9(14)6-11(10)15/h2-7H,1H3,(H,17,18)/b16-7+. The minimum atomic E-state index is -0.368. The van der Waals surface area contributed by atoms with Gasteiger partial charge in [-0.25, -0.2) is 5.43 Å². The average Bonchev–Trinajstić information content (AvgIpc) is 2.75. The summed E-state index contributed by atoms with van der Waals surface area (Å²) >= 11 is 13.3. The van der Waals surface area contributed by atoms with E-state index in [0.29, 0.717) is 15.6 Å². The summed E-state index contributed by atoms with van der Waals surface area (Å²) in [5.41, 5.74) is 3.89. The molecule has 1 N–H and O–H groups in total. The molecule has 0 radical (unpaired) electrons. The number of amides is 1. The van der Waals surface area contributed by atoms with Crippen LogP contribution in [0.2, 0.25) is 10.0 Å². The molecule has 0 bridgehead atoms. The molecule has 1 aromatic heterocycles. The molecule has 2 aromatic rings. The molecule has 0 aliphatic heterocycles. The molecule has 0 atom stereocenters. The highest BCUT2D eigenvalue weighted by atomic mass is 35.5. The van der Waals surface area contributed by atoms with Crippen molar-refractivity contribution >= 4 is 46.7 Å². The Hall–Kier alpha value is -1.36. The van der Waals surface area contributed by atoms with Crippen molar-refractivity contribution in [3.8, 4) is 0 Å². The predicted octanol–water partition coefficient (Wildman–Crippen LogP) is 4.13. The third kappa shape index (κ3) is 3.56. The molecule has 1 aromatic carbocycles. The van der Waals surface area contributed by atoms with Crippen molar-refractivity contribution < 1.29 is 4.79 Å². The van der Waals surface area contributed by atoms with Crippen LogP contribution < -0.4 is 5.43 Å². The minimum absolute atomic E-state index is 0.299. The summed E-state index contributed by atoms with van der Waals surface area (Å²) in [4.78, 5) is 12.8. The van der Waals surface area contributed by atoms with Crippen molar-refractivity contribution in [3.05, 3.63) is 55.7 Å². The van der Waals surface area contributed by atoms with Crippen molar-refractivity contribution in [1.82, 2.24) is 5.43 Å². The van der Waals surface area contributed by atoms with E-state index in [-0.39, 0.29) is 5.91 Å². The number of benzene rings is 1. The maximum atomic E-state index is 11.8. The number of thiophene rings is 1. The van der Waals surface area contributed by atoms with E-state index in [4.69, 9.17) is 23.2 Å². The SMILES string of the molecule is Cc1ccsc1/C=N/NC(=O)c1ccc(Cl)cc1Cl. The van der Waals surface area contributed by atoms with Crippen molar-refractivity contribution in [1.29, 1.82) is 0 Å². The lowest BCUT2D eigenvalue weighted by atomic mass is 10.2. The van der Waals surface area contributed by atoms with Gasteiger partial charge in [-0.3, -0.25) is 4.79 Å². The first kappa shape index (κ1) is 14.1. The molecular formula is C13H10Cl2N2OS. The second-order valence-electron chi connectivity index (χ2n) is 3.79. The molecule has 1 amide bonds. The summed E-state index contributed by atoms with van der Waals surface area (Å²) < 4.78 is 0. The molecule has 0 aliphatic rings. The van der Waals surface area contributed by atoms with E-state index >= 15 is 0 Å². The number of carbonyl (C=O) groups is 1. The van der Waals surface area contributed by atoms with E-state index in [1.165, 1.54) is 6.07 Å². The number of nitrogens with one attached hydrogen (secondary N) is 1. The maximum Gasteiger partial charge on any atom is 0.272 e. The largest absolute Gasteiger partial charge is 0.272 e. The van der Waals surface area contributed by atoms with Gasteiger partial charge in [0.25, 0.3) is 5.91 Å². The van der Waals surface area contributed by atoms with Gasteiger partial charge in [-0.1, -0.05) is 23.2 Å². The highest BCUT2D eigenvalue weighted by molar-refractivity contribution is 7.11. The molecular weight excluding hydrogens is 303 g/mol. The van der Waals surface area contributed by atoms with Crippen molar-refractivity contribution in [2.24, 2.45) is 5.10 Å². The molecule has 0 spiro atoms. The van der Waals surface area contributed by atoms with Crippen molar-refractivity contribution in [2.75, 3.05) is 0 Å². The first-order valence-corrected chi connectivity index (χ1v) is 7.04. The van der Waals surface area contributed by atoms with E-state index in [9.17, 15) is 4.79 Å². The molecule has 3 nitrogen and oxygen atoms in total. The number of hydrazone groups is 1. The molecule has 0 saturated heterocycles. The predicted molar refractivity (Wildman–Crippen MR) is 80.6 cm³/mol. The van der Waals surface area contributed by atoms with Gasteiger partial charge >= 0.3 is 0 Å². The van der Waals surface area contributed by atoms with Gasteiger partial charge < -0.3 is 0 Å². The van der Waals surface area contributed by atoms with E-state index in [2.05, 4.69) is 10.5 Å². The Kier molecular flexibility index (Phi) is 4.58. The number of nitrogens with zero attached hydrogens (tertiary/aromatic N) is 1. The van der Waals surface area contributed by atoms with Crippen LogP contribution in [-0.2, 0) is 0 Å². The first-order valence-electron chi connectivity index (χ1n) is 5.40. The normalized spacial score (nSPS) is 10.9. The van der Waals surface area contributed by atoms with Crippen LogP contribution >= 0.6 is 34.5 Å². The summed E-state index contributed by atoms with van der Waals surface area (Å²) in [5, 5.41) is 6.66. The van der Waals surface area contributed by atoms with E-state index in [0.717, 1.165) is 10.4 Å². The first-order chi connectivity index (χ1) is 9.08. The highest BCUT2D eigenvalue weighted by Crippen LogP contribution is 2.20. The Balaban J connectivity index is 2.06. The number of carbonyl (C=O) groups excluding carboxylic acids is 1. The summed E-state index contributed by atoms with van der Waals surface area (Å²) in [6, 6.07) is 6.68. The fourth-order valence-electron chi connectivity index (χ4n) is 1.40. The van der Waals surface area contributed by atoms with Crippen LogP contribution in [0.3, 0.4) is 0 Å². The van der Waals surface area contributed by atoms with Crippen LogP contribution in [0, 0.1) is 6.92 Å². The third-order valence-electron chi connectivity index (χ3n) is 2.43. The number of rotatable bonds is 3. The second kappa shape index (κ2) is 6.19. The smallest absolute Gasteiger partial charge is 0.267 e. The van der Waals surface area contributed by atoms with E-state index < -0.39 is 0 Å². The Morgan fingerprint density at radius 3 is 2.79 bits per heavy atom. The quantitative estimate of drug-likeness (QED) is 0.672. The monoisotopic (exact) mass is 312 g/mol. The van der Waals surface area contributed by atoms with Gasteiger partial charge in [0.2, 0.25) is 0 Å². The summed E-state index contributed by atoms with van der Waals surface area (Å²) in [6.45, 7) is 1.98. The van der Waals surface area contributed by atoms with Gasteiger partial charge in [0.1, 0.15) is 0 Å². The van der Waals surface area contributed by atoms with Crippen LogP contribution in [0.1, 0.15) is 20.8 Å². The van der Waals surface area contributed by atoms with Crippen molar-refractivity contribution in [3.63, 3.8) is 0 Å². The zero-order valence-electron chi connectivity index (χ0n) is 9.98. The Morgan fingerprint density at radius 1 is 1.37 bits per heavy atom. The van der Waals surface area contributed by atoms with Gasteiger partial charge in [-0.15, -0.1) is 11.3 Å². The van der Waals surface area contributed by atoms with Gasteiger partial charge in [-0.2, -0.15) is 5.10 Å². The third-order valence-corrected chi connectivity index (χ3v) is 3.93. The Morgan fingerprint density at radius 2 is 2.16 bits per heavy atom. The molecule has 0 fully saturated rings. The fourth-order valence-corrected chi connectivity index (χ4v) is 2.68. The van der Waals surface area contributed by atoms with Crippen LogP contribution in [0.15, 0.2) is 34.7 Å². The highest BCUT2D eigenvalue weighted by Gasteiger charge is 2.09. The zero-order valence-corrected chi connectivity index (χ0v) is 12.3. The van der Waals surface area contributed by atoms with Gasteiger partial charge in [0.15, 0.2) is 0 Å². The molecule has 1 heterocycles. The Labute approximate surface area is 124 Å². The molecule has 19 heavy (non-hydrogen) atoms. The summed E-state index contributed by atoms with van der Waals surface area (Å²) in [7, 11) is 0. The number of halogens is 2. The molecule has 0 unspecified atom stereocenters. The maximum absolute atomic E-state index is 11.8. The Bertz CT molecular complexity index is 637. The van der Waals surface area contributed by atoms with Crippen molar-refractivity contribution in [2.45, 2.75) is 6.92 Å². The second-order valence-corrected chi connectivity index (χ2v) is 5.58. The summed E-state index contributed by atoms with van der Waals surface area (Å²) in [6.07, 6.45) is 1.61. The van der Waals surface area contributed by atoms with Gasteiger partial charge in [0.05, 0.1) is 16.8 Å². The lowest BCUT2D eigenvalue weighted by Crippen LogP contribution is -2.17. The lowest BCUT2D eigenvalue weighted by molar-refractivity contribution is 0.0955. The van der Waals surface area contributed by atoms with E-state index in [1.54, 1.807) is 29.7 Å². The topological polar surface area (TPSA) is 41.5 Å². The molecule has 0 aliphatic carbocycles. The molecule has 0 saturated carbocycles. The number of aryl methyl sites for hydroxylation is 1. The summed E-state index contributed by atoms with van der Waals surface area (Å²) in [5.74, 6) is -0.368. The zero-order chi connectivity index (χ0) is 13.8. The number of hydrogen-bond donors (Lipinski definition) is 1. The van der Waals surface area contributed by atoms with Crippen LogP contribution in [-0.4, -0.2) is 12.1 Å². The molecule has 2 rings (SSSR count). The fraction of sp³-hybridized carbons (Fsp3) is 0.0769. The molecule has 98 valence electrons. The molecule has 6 heteroatoms. The van der Waals surface area contributed by atoms with Crippen LogP contribution in [0.25, 0.3) is 0 Å². The lowest BCUT2D eigenvalue weighted by Gasteiger charge is -2.02. The van der Waals surface area contributed by atoms with Crippen LogP contribution in [0.5, 0.6) is 0 Å². The minimum Gasteiger partial charge on any atom is -0.267 e. The van der Waals surface area contributed by atoms with Gasteiger partial charge in [-0.05, 0) is 42.1 Å². The van der Waals surface area contributed by atoms with E-state index in [1.807, 2.05) is 18.4 Å². The van der Waals surface area contributed by atoms with Gasteiger partial charge in [0, 0.05) is 9.90 Å².